The fourth-order valence-corrected chi connectivity index (χ4v) is 5.42. The average Bonchev–Trinajstić information content (AvgIpc) is 3.12. The van der Waals surface area contributed by atoms with Crippen LogP contribution in [0.4, 0.5) is 5.69 Å². The van der Waals surface area contributed by atoms with Crippen LogP contribution in [0.25, 0.3) is 0 Å². The number of carbonyl (C=O) groups is 1. The van der Waals surface area contributed by atoms with E-state index in [1.807, 2.05) is 25.1 Å². The van der Waals surface area contributed by atoms with Gasteiger partial charge in [-0.2, -0.15) is 0 Å². The zero-order valence-corrected chi connectivity index (χ0v) is 15.2. The van der Waals surface area contributed by atoms with Gasteiger partial charge in [-0.15, -0.1) is 0 Å². The maximum Gasteiger partial charge on any atom is 0.238 e. The SMILES string of the molecule is CCCCS(=O)(=O)N1CCC2(C1)C(=O)N(C)c1ccc(OC)cc12. The lowest BCUT2D eigenvalue weighted by Gasteiger charge is -2.23. The summed E-state index contributed by atoms with van der Waals surface area (Å²) in [4.78, 5) is 14.6. The zero-order valence-electron chi connectivity index (χ0n) is 14.4. The van der Waals surface area contributed by atoms with Gasteiger partial charge in [0.1, 0.15) is 5.75 Å². The summed E-state index contributed by atoms with van der Waals surface area (Å²) >= 11 is 0. The lowest BCUT2D eigenvalue weighted by molar-refractivity contribution is -0.122. The van der Waals surface area contributed by atoms with Gasteiger partial charge in [-0.1, -0.05) is 13.3 Å². The number of methoxy groups -OCH3 is 1. The molecule has 7 heteroatoms. The minimum absolute atomic E-state index is 0.0288. The average molecular weight is 352 g/mol. The van der Waals surface area contributed by atoms with Crippen LogP contribution in [0.2, 0.25) is 0 Å². The monoisotopic (exact) mass is 352 g/mol. The predicted octanol–water partition coefficient (Wildman–Crippen LogP) is 1.74. The van der Waals surface area contributed by atoms with Gasteiger partial charge in [0.25, 0.3) is 0 Å². The minimum Gasteiger partial charge on any atom is -0.497 e. The molecule has 1 aromatic rings. The van der Waals surface area contributed by atoms with E-state index in [9.17, 15) is 13.2 Å². The Morgan fingerprint density at radius 2 is 2.08 bits per heavy atom. The number of hydrogen-bond donors (Lipinski definition) is 0. The standard InChI is InChI=1S/C17H24N2O4S/c1-4-5-10-24(21,22)19-9-8-17(12-19)14-11-13(23-3)6-7-15(14)18(2)16(17)20/h6-7,11H,4-5,8-10,12H2,1-3H3. The van der Waals surface area contributed by atoms with Crippen molar-refractivity contribution in [1.82, 2.24) is 4.31 Å². The molecule has 3 rings (SSSR count). The molecular weight excluding hydrogens is 328 g/mol. The number of fused-ring (bicyclic) bond motifs is 2. The number of sulfonamides is 1. The molecule has 1 fully saturated rings. The van der Waals surface area contributed by atoms with E-state index in [0.717, 1.165) is 17.7 Å². The molecule has 0 saturated carbocycles. The summed E-state index contributed by atoms with van der Waals surface area (Å²) in [6.07, 6.45) is 1.99. The van der Waals surface area contributed by atoms with Gasteiger partial charge in [-0.3, -0.25) is 4.79 Å². The van der Waals surface area contributed by atoms with Crippen LogP contribution in [0.1, 0.15) is 31.7 Å². The van der Waals surface area contributed by atoms with Crippen LogP contribution in [-0.2, 0) is 20.2 Å². The quantitative estimate of drug-likeness (QED) is 0.810. The predicted molar refractivity (Wildman–Crippen MR) is 93.0 cm³/mol. The Bertz CT molecular complexity index is 762. The third-order valence-electron chi connectivity index (χ3n) is 5.18. The first kappa shape index (κ1) is 17.2. The Morgan fingerprint density at radius 1 is 1.33 bits per heavy atom. The van der Waals surface area contributed by atoms with Crippen molar-refractivity contribution in [2.24, 2.45) is 0 Å². The third kappa shape index (κ3) is 2.50. The molecule has 2 aliphatic rings. The molecule has 6 nitrogen and oxygen atoms in total. The van der Waals surface area contributed by atoms with Crippen LogP contribution in [-0.4, -0.2) is 51.6 Å². The second-order valence-electron chi connectivity index (χ2n) is 6.58. The first-order valence-corrected chi connectivity index (χ1v) is 9.91. The summed E-state index contributed by atoms with van der Waals surface area (Å²) in [5, 5.41) is 0. The second-order valence-corrected chi connectivity index (χ2v) is 8.67. The number of rotatable bonds is 5. The van der Waals surface area contributed by atoms with E-state index in [2.05, 4.69) is 0 Å². The van der Waals surface area contributed by atoms with Crippen LogP contribution < -0.4 is 9.64 Å². The van der Waals surface area contributed by atoms with E-state index in [4.69, 9.17) is 4.74 Å². The molecule has 0 aromatic heterocycles. The van der Waals surface area contributed by atoms with E-state index >= 15 is 0 Å². The molecule has 2 heterocycles. The summed E-state index contributed by atoms with van der Waals surface area (Å²) in [6.45, 7) is 2.59. The summed E-state index contributed by atoms with van der Waals surface area (Å²) in [6, 6.07) is 5.57. The molecular formula is C17H24N2O4S. The van der Waals surface area contributed by atoms with Crippen LogP contribution in [0, 0.1) is 0 Å². The number of nitrogens with zero attached hydrogens (tertiary/aromatic N) is 2. The highest BCUT2D eigenvalue weighted by molar-refractivity contribution is 7.89. The number of hydrogen-bond acceptors (Lipinski definition) is 4. The number of benzene rings is 1. The number of likely N-dealkylation sites (N-methyl/N-ethyl adjacent to an activating group) is 1. The van der Waals surface area contributed by atoms with Crippen LogP contribution >= 0.6 is 0 Å². The van der Waals surface area contributed by atoms with E-state index in [-0.39, 0.29) is 18.2 Å². The Morgan fingerprint density at radius 3 is 2.75 bits per heavy atom. The number of amides is 1. The highest BCUT2D eigenvalue weighted by atomic mass is 32.2. The molecule has 1 unspecified atom stereocenters. The van der Waals surface area contributed by atoms with Crippen molar-refractivity contribution in [3.8, 4) is 5.75 Å². The van der Waals surface area contributed by atoms with Gasteiger partial charge in [0.2, 0.25) is 15.9 Å². The maximum absolute atomic E-state index is 12.9. The van der Waals surface area contributed by atoms with Crippen molar-refractivity contribution in [3.63, 3.8) is 0 Å². The smallest absolute Gasteiger partial charge is 0.238 e. The number of carbonyl (C=O) groups excluding carboxylic acids is 1. The number of anilines is 1. The van der Waals surface area contributed by atoms with Crippen molar-refractivity contribution in [1.29, 1.82) is 0 Å². The highest BCUT2D eigenvalue weighted by Crippen LogP contribution is 2.48. The molecule has 1 spiro atoms. The summed E-state index contributed by atoms with van der Waals surface area (Å²) in [7, 11) is 0.0216. The lowest BCUT2D eigenvalue weighted by atomic mass is 9.81. The highest BCUT2D eigenvalue weighted by Gasteiger charge is 2.55. The lowest BCUT2D eigenvalue weighted by Crippen LogP contribution is -2.42. The van der Waals surface area contributed by atoms with Gasteiger partial charge >= 0.3 is 0 Å². The summed E-state index contributed by atoms with van der Waals surface area (Å²) < 4.78 is 31.9. The van der Waals surface area contributed by atoms with E-state index in [1.54, 1.807) is 19.1 Å². The Labute approximate surface area is 143 Å². The fourth-order valence-electron chi connectivity index (χ4n) is 3.73. The van der Waals surface area contributed by atoms with Crippen molar-refractivity contribution >= 4 is 21.6 Å². The first-order valence-electron chi connectivity index (χ1n) is 8.30. The largest absolute Gasteiger partial charge is 0.497 e. The maximum atomic E-state index is 12.9. The molecule has 1 atom stereocenters. The van der Waals surface area contributed by atoms with Gasteiger partial charge < -0.3 is 9.64 Å². The Balaban J connectivity index is 1.97. The molecule has 132 valence electrons. The summed E-state index contributed by atoms with van der Waals surface area (Å²) in [5.74, 6) is 0.802. The Kier molecular flexibility index (Phi) is 4.34. The molecule has 0 N–H and O–H groups in total. The Hall–Kier alpha value is -1.60. The van der Waals surface area contributed by atoms with E-state index in [1.165, 1.54) is 4.31 Å². The zero-order chi connectivity index (χ0) is 17.5. The molecule has 1 saturated heterocycles. The van der Waals surface area contributed by atoms with Crippen molar-refractivity contribution < 1.29 is 17.9 Å². The number of unbranched alkanes of at least 4 members (excludes halogenated alkanes) is 1. The molecule has 2 aliphatic heterocycles. The van der Waals surface area contributed by atoms with E-state index < -0.39 is 15.4 Å². The van der Waals surface area contributed by atoms with Crippen molar-refractivity contribution in [2.45, 2.75) is 31.6 Å². The fraction of sp³-hybridized carbons (Fsp3) is 0.588. The number of ether oxygens (including phenoxy) is 1. The topological polar surface area (TPSA) is 66.9 Å². The summed E-state index contributed by atoms with van der Waals surface area (Å²) in [5.41, 5.74) is 0.939. The van der Waals surface area contributed by atoms with E-state index in [0.29, 0.717) is 25.1 Å². The molecule has 0 radical (unpaired) electrons. The molecule has 1 aromatic carbocycles. The minimum atomic E-state index is -3.31. The van der Waals surface area contributed by atoms with Gasteiger partial charge in [0.15, 0.2) is 0 Å². The van der Waals surface area contributed by atoms with Gasteiger partial charge in [-0.25, -0.2) is 12.7 Å². The van der Waals surface area contributed by atoms with Crippen LogP contribution in [0.15, 0.2) is 18.2 Å². The van der Waals surface area contributed by atoms with Gasteiger partial charge in [0.05, 0.1) is 18.3 Å². The van der Waals surface area contributed by atoms with Crippen molar-refractivity contribution in [2.75, 3.05) is 37.9 Å². The molecule has 1 amide bonds. The molecule has 0 bridgehead atoms. The first-order chi connectivity index (χ1) is 11.4. The second kappa shape index (κ2) is 6.04. The normalized spacial score (nSPS) is 24.0. The van der Waals surface area contributed by atoms with Crippen LogP contribution in [0.3, 0.4) is 0 Å². The molecule has 0 aliphatic carbocycles. The van der Waals surface area contributed by atoms with Gasteiger partial charge in [0, 0.05) is 25.8 Å². The van der Waals surface area contributed by atoms with Crippen molar-refractivity contribution in [3.05, 3.63) is 23.8 Å². The molecule has 24 heavy (non-hydrogen) atoms. The van der Waals surface area contributed by atoms with Gasteiger partial charge in [-0.05, 0) is 36.6 Å². The third-order valence-corrected chi connectivity index (χ3v) is 7.08. The van der Waals surface area contributed by atoms with Crippen LogP contribution in [0.5, 0.6) is 5.75 Å².